The van der Waals surface area contributed by atoms with Crippen LogP contribution in [0.25, 0.3) is 0 Å². The summed E-state index contributed by atoms with van der Waals surface area (Å²) in [6.07, 6.45) is 1.58. The monoisotopic (exact) mass is 291 g/mol. The number of benzene rings is 1. The fourth-order valence-corrected chi connectivity index (χ4v) is 1.82. The molecule has 0 aliphatic carbocycles. The summed E-state index contributed by atoms with van der Waals surface area (Å²) in [6.45, 7) is 7.28. The molecule has 0 spiro atoms. The van der Waals surface area contributed by atoms with Crippen LogP contribution in [0.3, 0.4) is 0 Å². The zero-order valence-corrected chi connectivity index (χ0v) is 12.7. The third kappa shape index (κ3) is 4.29. The van der Waals surface area contributed by atoms with Gasteiger partial charge in [0.2, 0.25) is 0 Å². The van der Waals surface area contributed by atoms with Crippen LogP contribution in [0.1, 0.15) is 19.4 Å². The van der Waals surface area contributed by atoms with Gasteiger partial charge >= 0.3 is 0 Å². The number of hydrogen-bond donors (Lipinski definition) is 1. The highest BCUT2D eigenvalue weighted by Gasteiger charge is 2.12. The van der Waals surface area contributed by atoms with Crippen molar-refractivity contribution in [3.63, 3.8) is 0 Å². The zero-order valence-electron chi connectivity index (χ0n) is 11.9. The van der Waals surface area contributed by atoms with Gasteiger partial charge in [-0.1, -0.05) is 17.7 Å². The van der Waals surface area contributed by atoms with Crippen LogP contribution in [0.2, 0.25) is 5.02 Å². The lowest BCUT2D eigenvalue weighted by atomic mass is 10.2. The number of aryl methyl sites for hydroxylation is 1. The summed E-state index contributed by atoms with van der Waals surface area (Å²) in [5, 5.41) is 12.4. The summed E-state index contributed by atoms with van der Waals surface area (Å²) < 4.78 is 0. The molecule has 0 bridgehead atoms. The Balaban J connectivity index is 2.94. The average molecular weight is 292 g/mol. The molecular formula is C15H18ClN3O. The fraction of sp³-hybridized carbons (Fsp3) is 0.333. The van der Waals surface area contributed by atoms with E-state index in [1.165, 1.54) is 0 Å². The number of rotatable bonds is 5. The second-order valence-corrected chi connectivity index (χ2v) is 4.73. The van der Waals surface area contributed by atoms with E-state index in [2.05, 4.69) is 5.32 Å². The molecule has 1 N–H and O–H groups in total. The number of halogens is 1. The number of nitrogens with zero attached hydrogens (tertiary/aromatic N) is 2. The van der Waals surface area contributed by atoms with Gasteiger partial charge in [0.25, 0.3) is 5.91 Å². The molecule has 1 amide bonds. The molecule has 0 aliphatic rings. The van der Waals surface area contributed by atoms with E-state index < -0.39 is 5.91 Å². The maximum atomic E-state index is 12.1. The van der Waals surface area contributed by atoms with Crippen molar-refractivity contribution in [2.45, 2.75) is 20.8 Å². The molecule has 0 atom stereocenters. The highest BCUT2D eigenvalue weighted by atomic mass is 35.5. The van der Waals surface area contributed by atoms with E-state index in [1.807, 2.05) is 37.8 Å². The summed E-state index contributed by atoms with van der Waals surface area (Å²) in [4.78, 5) is 14.0. The highest BCUT2D eigenvalue weighted by molar-refractivity contribution is 6.31. The molecular weight excluding hydrogens is 274 g/mol. The van der Waals surface area contributed by atoms with Gasteiger partial charge in [-0.3, -0.25) is 4.79 Å². The van der Waals surface area contributed by atoms with Crippen LogP contribution >= 0.6 is 11.6 Å². The lowest BCUT2D eigenvalue weighted by Crippen LogP contribution is -2.21. The topological polar surface area (TPSA) is 56.1 Å². The van der Waals surface area contributed by atoms with Crippen molar-refractivity contribution in [3.05, 3.63) is 40.6 Å². The van der Waals surface area contributed by atoms with E-state index in [9.17, 15) is 4.79 Å². The minimum absolute atomic E-state index is 0.0769. The number of anilines is 1. The average Bonchev–Trinajstić information content (AvgIpc) is 2.44. The van der Waals surface area contributed by atoms with E-state index in [0.29, 0.717) is 10.7 Å². The second kappa shape index (κ2) is 7.56. The van der Waals surface area contributed by atoms with Gasteiger partial charge in [0.1, 0.15) is 11.6 Å². The van der Waals surface area contributed by atoms with E-state index in [0.717, 1.165) is 18.7 Å². The van der Waals surface area contributed by atoms with Gasteiger partial charge in [0.05, 0.1) is 0 Å². The standard InChI is InChI=1S/C15H18ClN3O/c1-4-19(5-2)10-12(9-17)15(20)18-14-8-13(16)7-6-11(14)3/h6-8,10H,4-5H2,1-3H3,(H,18,20)/b12-10-. The minimum atomic E-state index is -0.426. The van der Waals surface area contributed by atoms with Gasteiger partial charge in [0, 0.05) is 30.0 Å². The Morgan fingerprint density at radius 1 is 1.45 bits per heavy atom. The molecule has 106 valence electrons. The van der Waals surface area contributed by atoms with Gasteiger partial charge in [-0.15, -0.1) is 0 Å². The van der Waals surface area contributed by atoms with Gasteiger partial charge in [-0.05, 0) is 38.5 Å². The van der Waals surface area contributed by atoms with E-state index in [1.54, 1.807) is 18.3 Å². The normalized spacial score (nSPS) is 10.8. The molecule has 1 rings (SSSR count). The predicted octanol–water partition coefficient (Wildman–Crippen LogP) is 3.34. The Morgan fingerprint density at radius 2 is 2.10 bits per heavy atom. The van der Waals surface area contributed by atoms with Gasteiger partial charge in [0.15, 0.2) is 0 Å². The number of amides is 1. The number of nitrogens with one attached hydrogen (secondary N) is 1. The predicted molar refractivity (Wildman–Crippen MR) is 81.4 cm³/mol. The SMILES string of the molecule is CCN(/C=C(/C#N)C(=O)Nc1cc(Cl)ccc1C)CC. The molecule has 0 aromatic heterocycles. The van der Waals surface area contributed by atoms with Crippen molar-refractivity contribution in [1.82, 2.24) is 4.90 Å². The molecule has 1 aromatic rings. The van der Waals surface area contributed by atoms with E-state index in [-0.39, 0.29) is 5.57 Å². The Kier molecular flexibility index (Phi) is 6.08. The summed E-state index contributed by atoms with van der Waals surface area (Å²) in [7, 11) is 0. The largest absolute Gasteiger partial charge is 0.377 e. The zero-order chi connectivity index (χ0) is 15.1. The first-order chi connectivity index (χ1) is 9.51. The maximum Gasteiger partial charge on any atom is 0.267 e. The maximum absolute atomic E-state index is 12.1. The summed E-state index contributed by atoms with van der Waals surface area (Å²) in [5.41, 5.74) is 1.58. The van der Waals surface area contributed by atoms with E-state index in [4.69, 9.17) is 16.9 Å². The fourth-order valence-electron chi connectivity index (χ4n) is 1.65. The number of carbonyl (C=O) groups is 1. The summed E-state index contributed by atoms with van der Waals surface area (Å²) in [5.74, 6) is -0.426. The Labute approximate surface area is 124 Å². The highest BCUT2D eigenvalue weighted by Crippen LogP contribution is 2.20. The molecule has 0 aliphatic heterocycles. The van der Waals surface area contributed by atoms with Crippen molar-refractivity contribution in [3.8, 4) is 6.07 Å². The molecule has 0 saturated carbocycles. The molecule has 4 nitrogen and oxygen atoms in total. The number of carbonyl (C=O) groups excluding carboxylic acids is 1. The lowest BCUT2D eigenvalue weighted by molar-refractivity contribution is -0.112. The molecule has 0 radical (unpaired) electrons. The van der Waals surface area contributed by atoms with Crippen molar-refractivity contribution in [1.29, 1.82) is 5.26 Å². The number of nitriles is 1. The first-order valence-electron chi connectivity index (χ1n) is 6.45. The minimum Gasteiger partial charge on any atom is -0.377 e. The van der Waals surface area contributed by atoms with Crippen LogP contribution in [0.15, 0.2) is 30.0 Å². The van der Waals surface area contributed by atoms with Crippen LogP contribution in [-0.4, -0.2) is 23.9 Å². The molecule has 1 aromatic carbocycles. The van der Waals surface area contributed by atoms with E-state index >= 15 is 0 Å². The van der Waals surface area contributed by atoms with Crippen LogP contribution < -0.4 is 5.32 Å². The first-order valence-corrected chi connectivity index (χ1v) is 6.83. The first kappa shape index (κ1) is 16.1. The van der Waals surface area contributed by atoms with Crippen molar-refractivity contribution in [2.75, 3.05) is 18.4 Å². The third-order valence-corrected chi connectivity index (χ3v) is 3.17. The van der Waals surface area contributed by atoms with Crippen LogP contribution in [-0.2, 0) is 4.79 Å². The van der Waals surface area contributed by atoms with Gasteiger partial charge in [-0.2, -0.15) is 5.26 Å². The third-order valence-electron chi connectivity index (χ3n) is 2.94. The van der Waals surface area contributed by atoms with Gasteiger partial charge in [-0.25, -0.2) is 0 Å². The molecule has 20 heavy (non-hydrogen) atoms. The number of hydrogen-bond acceptors (Lipinski definition) is 3. The Bertz CT molecular complexity index is 557. The molecule has 0 fully saturated rings. The lowest BCUT2D eigenvalue weighted by Gasteiger charge is -2.16. The molecule has 0 unspecified atom stereocenters. The Morgan fingerprint density at radius 3 is 2.65 bits per heavy atom. The van der Waals surface area contributed by atoms with Crippen LogP contribution in [0, 0.1) is 18.3 Å². The summed E-state index contributed by atoms with van der Waals surface area (Å²) in [6, 6.07) is 7.17. The van der Waals surface area contributed by atoms with Crippen molar-refractivity contribution < 1.29 is 4.79 Å². The quantitative estimate of drug-likeness (QED) is 0.669. The second-order valence-electron chi connectivity index (χ2n) is 4.29. The molecule has 0 heterocycles. The van der Waals surface area contributed by atoms with Crippen LogP contribution in [0.4, 0.5) is 5.69 Å². The van der Waals surface area contributed by atoms with Crippen molar-refractivity contribution in [2.24, 2.45) is 0 Å². The van der Waals surface area contributed by atoms with Gasteiger partial charge < -0.3 is 10.2 Å². The van der Waals surface area contributed by atoms with Crippen LogP contribution in [0.5, 0.6) is 0 Å². The van der Waals surface area contributed by atoms with Crippen molar-refractivity contribution >= 4 is 23.2 Å². The summed E-state index contributed by atoms with van der Waals surface area (Å²) >= 11 is 5.90. The molecule has 0 saturated heterocycles. The Hall–Kier alpha value is -1.99. The molecule has 5 heteroatoms. The smallest absolute Gasteiger partial charge is 0.267 e.